The van der Waals surface area contributed by atoms with Gasteiger partial charge in [0.05, 0.1) is 18.4 Å². The summed E-state index contributed by atoms with van der Waals surface area (Å²) in [5.74, 6) is 0. The number of rotatable bonds is 4. The van der Waals surface area contributed by atoms with Crippen LogP contribution in [0.1, 0.15) is 0 Å². The summed E-state index contributed by atoms with van der Waals surface area (Å²) < 4.78 is 0. The second-order valence-corrected chi connectivity index (χ2v) is 4.96. The highest BCUT2D eigenvalue weighted by Crippen LogP contribution is 2.17. The molecule has 1 aromatic rings. The number of para-hydroxylation sites is 1. The van der Waals surface area contributed by atoms with Gasteiger partial charge < -0.3 is 15.5 Å². The van der Waals surface area contributed by atoms with E-state index in [0.717, 1.165) is 4.90 Å². The van der Waals surface area contributed by atoms with Crippen LogP contribution < -0.4 is 20.9 Å². The lowest BCUT2D eigenvalue weighted by molar-refractivity contribution is 0.152. The maximum Gasteiger partial charge on any atom is 0.334 e. The molecule has 1 unspecified atom stereocenters. The van der Waals surface area contributed by atoms with Crippen molar-refractivity contribution in [2.24, 2.45) is 0 Å². The number of hydrogen-bond acceptors (Lipinski definition) is 5. The highest BCUT2D eigenvalue weighted by Gasteiger charge is 2.33. The van der Waals surface area contributed by atoms with Crippen LogP contribution in [0.25, 0.3) is 0 Å². The Hall–Kier alpha value is -2.45. The first-order chi connectivity index (χ1) is 11.2. The molecule has 0 aliphatic carbocycles. The number of amides is 4. The number of hydrogen-bond donors (Lipinski definition) is 3. The molecule has 8 heteroatoms. The van der Waals surface area contributed by atoms with Crippen LogP contribution in [0.15, 0.2) is 30.3 Å². The van der Waals surface area contributed by atoms with Gasteiger partial charge in [0.2, 0.25) is 6.29 Å². The Balaban J connectivity index is 2.26. The van der Waals surface area contributed by atoms with Gasteiger partial charge in [-0.2, -0.15) is 0 Å². The van der Waals surface area contributed by atoms with Crippen LogP contribution in [-0.4, -0.2) is 62.6 Å². The van der Waals surface area contributed by atoms with E-state index in [4.69, 9.17) is 0 Å². The minimum absolute atomic E-state index is 0.215. The lowest BCUT2D eigenvalue weighted by Gasteiger charge is -2.38. The number of imide groups is 1. The van der Waals surface area contributed by atoms with Gasteiger partial charge in [0.15, 0.2) is 0 Å². The van der Waals surface area contributed by atoms with Crippen molar-refractivity contribution in [2.45, 2.75) is 6.17 Å². The van der Waals surface area contributed by atoms with E-state index in [2.05, 4.69) is 16.0 Å². The van der Waals surface area contributed by atoms with Crippen LogP contribution in [-0.2, 0) is 4.79 Å². The van der Waals surface area contributed by atoms with Gasteiger partial charge in [-0.05, 0) is 19.2 Å². The second kappa shape index (κ2) is 8.25. The Morgan fingerprint density at radius 3 is 2.78 bits per heavy atom. The molecule has 1 fully saturated rings. The van der Waals surface area contributed by atoms with E-state index in [1.165, 1.54) is 0 Å². The summed E-state index contributed by atoms with van der Waals surface area (Å²) >= 11 is 0. The van der Waals surface area contributed by atoms with Crippen molar-refractivity contribution < 1.29 is 14.4 Å². The number of benzene rings is 1. The number of nitrogens with zero attached hydrogens (tertiary/aromatic N) is 2. The highest BCUT2D eigenvalue weighted by atomic mass is 16.2. The van der Waals surface area contributed by atoms with E-state index in [1.54, 1.807) is 48.6 Å². The Labute approximate surface area is 134 Å². The smallest absolute Gasteiger partial charge is 0.330 e. The van der Waals surface area contributed by atoms with Crippen LogP contribution in [0.3, 0.4) is 0 Å². The molecule has 1 atom stereocenters. The monoisotopic (exact) mass is 318 g/mol. The molecule has 0 saturated carbocycles. The molecule has 123 valence electrons. The third-order valence-electron chi connectivity index (χ3n) is 3.54. The third-order valence-corrected chi connectivity index (χ3v) is 3.54. The predicted molar refractivity (Wildman–Crippen MR) is 85.8 cm³/mol. The van der Waals surface area contributed by atoms with Gasteiger partial charge in [-0.1, -0.05) is 18.2 Å². The van der Waals surface area contributed by atoms with Gasteiger partial charge >= 0.3 is 12.1 Å². The van der Waals surface area contributed by atoms with Gasteiger partial charge in [-0.25, -0.2) is 14.5 Å². The molecule has 1 aromatic carbocycles. The SMILES string of the molecule is CNC1CNCCN1C(=O)N(C(=O)NC[C]=O)c1ccccc1. The van der Waals surface area contributed by atoms with Crippen LogP contribution in [0.5, 0.6) is 0 Å². The van der Waals surface area contributed by atoms with E-state index in [9.17, 15) is 14.4 Å². The number of carbonyl (C=O) groups is 2. The van der Waals surface area contributed by atoms with Crippen molar-refractivity contribution in [1.82, 2.24) is 20.9 Å². The zero-order chi connectivity index (χ0) is 16.7. The molecule has 3 N–H and O–H groups in total. The first-order valence-corrected chi connectivity index (χ1v) is 7.35. The average Bonchev–Trinajstić information content (AvgIpc) is 2.60. The van der Waals surface area contributed by atoms with E-state index < -0.39 is 12.1 Å². The van der Waals surface area contributed by atoms with Gasteiger partial charge in [0, 0.05) is 19.6 Å². The van der Waals surface area contributed by atoms with Crippen LogP contribution in [0, 0.1) is 0 Å². The van der Waals surface area contributed by atoms with E-state index >= 15 is 0 Å². The predicted octanol–water partition coefficient (Wildman–Crippen LogP) is -0.117. The van der Waals surface area contributed by atoms with E-state index in [-0.39, 0.29) is 12.7 Å². The van der Waals surface area contributed by atoms with Crippen molar-refractivity contribution in [3.8, 4) is 0 Å². The number of urea groups is 2. The number of piperazine rings is 1. The molecule has 23 heavy (non-hydrogen) atoms. The van der Waals surface area contributed by atoms with Crippen molar-refractivity contribution in [3.63, 3.8) is 0 Å². The van der Waals surface area contributed by atoms with Crippen molar-refractivity contribution in [3.05, 3.63) is 30.3 Å². The molecule has 2 rings (SSSR count). The summed E-state index contributed by atoms with van der Waals surface area (Å²) in [6.07, 6.45) is 1.37. The largest absolute Gasteiger partial charge is 0.334 e. The van der Waals surface area contributed by atoms with Crippen LogP contribution in [0.4, 0.5) is 15.3 Å². The van der Waals surface area contributed by atoms with Gasteiger partial charge in [-0.15, -0.1) is 0 Å². The van der Waals surface area contributed by atoms with Crippen LogP contribution in [0.2, 0.25) is 0 Å². The van der Waals surface area contributed by atoms with Gasteiger partial charge in [0.25, 0.3) is 0 Å². The molecular formula is C15H20N5O3. The summed E-state index contributed by atoms with van der Waals surface area (Å²) in [5, 5.41) is 8.59. The average molecular weight is 318 g/mol. The molecule has 0 aromatic heterocycles. The Bertz CT molecular complexity index is 551. The normalized spacial score (nSPS) is 17.4. The number of anilines is 1. The fourth-order valence-corrected chi connectivity index (χ4v) is 2.40. The Morgan fingerprint density at radius 2 is 2.13 bits per heavy atom. The lowest BCUT2D eigenvalue weighted by Crippen LogP contribution is -2.63. The van der Waals surface area contributed by atoms with Gasteiger partial charge in [0.1, 0.15) is 0 Å². The van der Waals surface area contributed by atoms with E-state index in [0.29, 0.717) is 25.3 Å². The number of likely N-dealkylation sites (N-methyl/N-ethyl adjacent to an activating group) is 1. The summed E-state index contributed by atoms with van der Waals surface area (Å²) in [7, 11) is 1.76. The molecule has 1 heterocycles. The van der Waals surface area contributed by atoms with Crippen LogP contribution >= 0.6 is 0 Å². The molecule has 4 amide bonds. The highest BCUT2D eigenvalue weighted by molar-refractivity contribution is 6.13. The number of carbonyl (C=O) groups excluding carboxylic acids is 3. The fraction of sp³-hybridized carbons (Fsp3) is 0.400. The molecule has 0 spiro atoms. The quantitative estimate of drug-likeness (QED) is 0.720. The minimum Gasteiger partial charge on any atom is -0.330 e. The Morgan fingerprint density at radius 1 is 1.39 bits per heavy atom. The second-order valence-electron chi connectivity index (χ2n) is 4.96. The lowest BCUT2D eigenvalue weighted by atomic mass is 10.2. The zero-order valence-corrected chi connectivity index (χ0v) is 12.9. The standard InChI is InChI=1S/C15H20N5O3/c1-16-13-11-17-7-9-19(13)15(23)20(14(22)18-8-10-21)12-5-3-2-4-6-12/h2-6,13,16-17H,7-9,11H2,1H3,(H,18,22). The Kier molecular flexibility index (Phi) is 6.07. The molecular weight excluding hydrogens is 298 g/mol. The third kappa shape index (κ3) is 4.05. The fourth-order valence-electron chi connectivity index (χ4n) is 2.40. The first kappa shape index (κ1) is 16.9. The summed E-state index contributed by atoms with van der Waals surface area (Å²) in [6.45, 7) is 1.44. The topological polar surface area (TPSA) is 93.8 Å². The van der Waals surface area contributed by atoms with Crippen molar-refractivity contribution >= 4 is 24.0 Å². The zero-order valence-electron chi connectivity index (χ0n) is 12.9. The summed E-state index contributed by atoms with van der Waals surface area (Å²) in [4.78, 5) is 38.2. The molecule has 1 aliphatic rings. The maximum atomic E-state index is 12.9. The molecule has 8 nitrogen and oxygen atoms in total. The van der Waals surface area contributed by atoms with Crippen molar-refractivity contribution in [1.29, 1.82) is 0 Å². The first-order valence-electron chi connectivity index (χ1n) is 7.35. The number of nitrogens with one attached hydrogen (secondary N) is 3. The van der Waals surface area contributed by atoms with E-state index in [1.807, 2.05) is 0 Å². The molecule has 1 aliphatic heterocycles. The maximum absolute atomic E-state index is 12.9. The summed E-state index contributed by atoms with van der Waals surface area (Å²) in [5.41, 5.74) is 0.439. The van der Waals surface area contributed by atoms with Gasteiger partial charge in [-0.3, -0.25) is 10.1 Å². The van der Waals surface area contributed by atoms with Crippen molar-refractivity contribution in [2.75, 3.05) is 38.1 Å². The summed E-state index contributed by atoms with van der Waals surface area (Å²) in [6, 6.07) is 7.50. The molecule has 1 radical (unpaired) electrons. The molecule has 0 bridgehead atoms. The molecule has 1 saturated heterocycles. The minimum atomic E-state index is -0.655.